The molecule has 0 saturated carbocycles. The highest BCUT2D eigenvalue weighted by molar-refractivity contribution is 5.79. The lowest BCUT2D eigenvalue weighted by atomic mass is 10.1. The molecular weight excluding hydrogens is 318 g/mol. The Labute approximate surface area is 152 Å². The van der Waals surface area contributed by atoms with E-state index < -0.39 is 0 Å². The topological polar surface area (TPSA) is 64.1 Å². The maximum atomic E-state index is 5.82. The zero-order valence-electron chi connectivity index (χ0n) is 16.1. The smallest absolute Gasteiger partial charge is 0.191 e. The summed E-state index contributed by atoms with van der Waals surface area (Å²) in [6, 6.07) is 6.19. The SMILES string of the molecule is CCNC(=NCc1ccc(C)cc1OCCOC)NCCCOCC. The standard InChI is InChI=1S/C19H33N3O3/c1-5-20-19(21-10-7-11-24-6-2)22-15-17-9-8-16(3)14-18(17)25-13-12-23-4/h8-9,14H,5-7,10-13,15H2,1-4H3,(H2,20,21,22). The number of methoxy groups -OCH3 is 1. The van der Waals surface area contributed by atoms with Crippen LogP contribution in [-0.2, 0) is 16.0 Å². The molecule has 0 aliphatic rings. The summed E-state index contributed by atoms with van der Waals surface area (Å²) in [6.45, 7) is 11.0. The second-order valence-corrected chi connectivity index (χ2v) is 5.62. The Kier molecular flexibility index (Phi) is 11.5. The average Bonchev–Trinajstić information content (AvgIpc) is 2.60. The van der Waals surface area contributed by atoms with Crippen molar-refractivity contribution in [1.29, 1.82) is 0 Å². The van der Waals surface area contributed by atoms with Gasteiger partial charge < -0.3 is 24.8 Å². The van der Waals surface area contributed by atoms with Crippen LogP contribution in [0.5, 0.6) is 5.75 Å². The second-order valence-electron chi connectivity index (χ2n) is 5.62. The summed E-state index contributed by atoms with van der Waals surface area (Å²) < 4.78 is 16.2. The van der Waals surface area contributed by atoms with Gasteiger partial charge in [0.25, 0.3) is 0 Å². The molecule has 0 radical (unpaired) electrons. The predicted octanol–water partition coefficient (Wildman–Crippen LogP) is 2.50. The van der Waals surface area contributed by atoms with Crippen LogP contribution in [0.15, 0.2) is 23.2 Å². The summed E-state index contributed by atoms with van der Waals surface area (Å²) in [4.78, 5) is 4.66. The fourth-order valence-electron chi connectivity index (χ4n) is 2.19. The molecule has 0 bridgehead atoms. The van der Waals surface area contributed by atoms with Gasteiger partial charge in [-0.25, -0.2) is 4.99 Å². The van der Waals surface area contributed by atoms with Crippen LogP contribution in [0.4, 0.5) is 0 Å². The van der Waals surface area contributed by atoms with E-state index in [-0.39, 0.29) is 0 Å². The number of benzene rings is 1. The highest BCUT2D eigenvalue weighted by atomic mass is 16.5. The van der Waals surface area contributed by atoms with E-state index >= 15 is 0 Å². The van der Waals surface area contributed by atoms with Crippen LogP contribution >= 0.6 is 0 Å². The molecule has 0 fully saturated rings. The number of ether oxygens (including phenoxy) is 3. The summed E-state index contributed by atoms with van der Waals surface area (Å²) in [5.74, 6) is 1.68. The van der Waals surface area contributed by atoms with Crippen LogP contribution in [0.25, 0.3) is 0 Å². The molecule has 0 aromatic heterocycles. The van der Waals surface area contributed by atoms with Crippen molar-refractivity contribution in [2.45, 2.75) is 33.7 Å². The number of hydrogen-bond acceptors (Lipinski definition) is 4. The van der Waals surface area contributed by atoms with Crippen molar-refractivity contribution in [3.8, 4) is 5.75 Å². The molecular formula is C19H33N3O3. The molecule has 0 atom stereocenters. The molecule has 142 valence electrons. The van der Waals surface area contributed by atoms with Crippen LogP contribution in [-0.4, -0.2) is 52.6 Å². The molecule has 0 aliphatic carbocycles. The first-order valence-electron chi connectivity index (χ1n) is 9.02. The Bertz CT molecular complexity index is 507. The molecule has 0 unspecified atom stereocenters. The Morgan fingerprint density at radius 3 is 2.68 bits per heavy atom. The van der Waals surface area contributed by atoms with E-state index in [1.807, 2.05) is 13.0 Å². The number of aryl methyl sites for hydroxylation is 1. The minimum Gasteiger partial charge on any atom is -0.491 e. The van der Waals surface area contributed by atoms with Crippen LogP contribution < -0.4 is 15.4 Å². The predicted molar refractivity (Wildman–Crippen MR) is 102 cm³/mol. The number of nitrogens with zero attached hydrogens (tertiary/aromatic N) is 1. The third-order valence-electron chi connectivity index (χ3n) is 3.48. The van der Waals surface area contributed by atoms with Crippen molar-refractivity contribution >= 4 is 5.96 Å². The molecule has 0 heterocycles. The summed E-state index contributed by atoms with van der Waals surface area (Å²) in [5, 5.41) is 6.60. The minimum atomic E-state index is 0.534. The number of rotatable bonds is 12. The quantitative estimate of drug-likeness (QED) is 0.344. The molecule has 6 nitrogen and oxygen atoms in total. The Morgan fingerprint density at radius 1 is 1.12 bits per heavy atom. The Balaban J connectivity index is 2.64. The van der Waals surface area contributed by atoms with Gasteiger partial charge in [0.2, 0.25) is 0 Å². The molecule has 6 heteroatoms. The van der Waals surface area contributed by atoms with Gasteiger partial charge in [0.05, 0.1) is 13.2 Å². The first-order valence-corrected chi connectivity index (χ1v) is 9.02. The zero-order valence-corrected chi connectivity index (χ0v) is 16.1. The largest absolute Gasteiger partial charge is 0.491 e. The average molecular weight is 351 g/mol. The third kappa shape index (κ3) is 9.31. The second kappa shape index (κ2) is 13.5. The summed E-state index contributed by atoms with van der Waals surface area (Å²) in [7, 11) is 1.67. The van der Waals surface area contributed by atoms with Gasteiger partial charge in [-0.2, -0.15) is 0 Å². The van der Waals surface area contributed by atoms with Crippen molar-refractivity contribution in [2.24, 2.45) is 4.99 Å². The number of nitrogens with one attached hydrogen (secondary N) is 2. The zero-order chi connectivity index (χ0) is 18.3. The number of hydrogen-bond donors (Lipinski definition) is 2. The van der Waals surface area contributed by atoms with E-state index in [0.29, 0.717) is 19.8 Å². The minimum absolute atomic E-state index is 0.534. The summed E-state index contributed by atoms with van der Waals surface area (Å²) >= 11 is 0. The maximum Gasteiger partial charge on any atom is 0.191 e. The number of guanidine groups is 1. The van der Waals surface area contributed by atoms with Gasteiger partial charge in [-0.15, -0.1) is 0 Å². The molecule has 1 aromatic carbocycles. The van der Waals surface area contributed by atoms with Crippen LogP contribution in [0.3, 0.4) is 0 Å². The van der Waals surface area contributed by atoms with E-state index in [1.54, 1.807) is 7.11 Å². The third-order valence-corrected chi connectivity index (χ3v) is 3.48. The normalized spacial score (nSPS) is 11.4. The lowest BCUT2D eigenvalue weighted by molar-refractivity contribution is 0.145. The first kappa shape index (κ1) is 21.3. The fraction of sp³-hybridized carbons (Fsp3) is 0.632. The van der Waals surface area contributed by atoms with Gasteiger partial charge in [0.1, 0.15) is 12.4 Å². The van der Waals surface area contributed by atoms with Gasteiger partial charge in [-0.05, 0) is 38.8 Å². The first-order chi connectivity index (χ1) is 12.2. The van der Waals surface area contributed by atoms with Crippen LogP contribution in [0.2, 0.25) is 0 Å². The van der Waals surface area contributed by atoms with Crippen molar-refractivity contribution in [3.05, 3.63) is 29.3 Å². The maximum absolute atomic E-state index is 5.82. The summed E-state index contributed by atoms with van der Waals surface area (Å²) in [6.07, 6.45) is 0.953. The van der Waals surface area contributed by atoms with Gasteiger partial charge in [-0.1, -0.05) is 12.1 Å². The van der Waals surface area contributed by atoms with E-state index in [4.69, 9.17) is 14.2 Å². The van der Waals surface area contributed by atoms with E-state index in [1.165, 1.54) is 5.56 Å². The Hall–Kier alpha value is -1.79. The van der Waals surface area contributed by atoms with E-state index in [9.17, 15) is 0 Å². The lowest BCUT2D eigenvalue weighted by Gasteiger charge is -2.13. The molecule has 0 spiro atoms. The molecule has 1 aromatic rings. The molecule has 0 aliphatic heterocycles. The van der Waals surface area contributed by atoms with Crippen LogP contribution in [0.1, 0.15) is 31.4 Å². The van der Waals surface area contributed by atoms with Gasteiger partial charge in [0, 0.05) is 39.0 Å². The highest BCUT2D eigenvalue weighted by Crippen LogP contribution is 2.21. The van der Waals surface area contributed by atoms with Crippen LogP contribution in [0, 0.1) is 6.92 Å². The highest BCUT2D eigenvalue weighted by Gasteiger charge is 2.05. The summed E-state index contributed by atoms with van der Waals surface area (Å²) in [5.41, 5.74) is 2.23. The molecule has 0 saturated heterocycles. The fourth-order valence-corrected chi connectivity index (χ4v) is 2.19. The lowest BCUT2D eigenvalue weighted by Crippen LogP contribution is -2.38. The van der Waals surface area contributed by atoms with Gasteiger partial charge >= 0.3 is 0 Å². The monoisotopic (exact) mass is 351 g/mol. The number of aliphatic imine (C=N–C) groups is 1. The Morgan fingerprint density at radius 2 is 1.96 bits per heavy atom. The van der Waals surface area contributed by atoms with E-state index in [0.717, 1.165) is 50.0 Å². The van der Waals surface area contributed by atoms with E-state index in [2.05, 4.69) is 41.6 Å². The van der Waals surface area contributed by atoms with Crippen molar-refractivity contribution in [3.63, 3.8) is 0 Å². The molecule has 2 N–H and O–H groups in total. The van der Waals surface area contributed by atoms with Crippen molar-refractivity contribution < 1.29 is 14.2 Å². The molecule has 1 rings (SSSR count). The van der Waals surface area contributed by atoms with Crippen molar-refractivity contribution in [1.82, 2.24) is 10.6 Å². The molecule has 25 heavy (non-hydrogen) atoms. The van der Waals surface area contributed by atoms with Crippen molar-refractivity contribution in [2.75, 3.05) is 46.6 Å². The van der Waals surface area contributed by atoms with Gasteiger partial charge in [-0.3, -0.25) is 0 Å². The molecule has 0 amide bonds. The van der Waals surface area contributed by atoms with Gasteiger partial charge in [0.15, 0.2) is 5.96 Å².